The molecule has 4 heteroatoms. The summed E-state index contributed by atoms with van der Waals surface area (Å²) in [7, 11) is 0. The summed E-state index contributed by atoms with van der Waals surface area (Å²) in [4.78, 5) is 23.8. The standard InChI is InChI=1S/C18H19NO3/c1-12-8-9-13(2)15(10-12)17(20)19-16(18(21)22)11-14-6-4-3-5-7-14/h3-10,16H,11H2,1-2H3,(H,19,20)(H,21,22). The lowest BCUT2D eigenvalue weighted by molar-refractivity contribution is -0.139. The number of hydrogen-bond acceptors (Lipinski definition) is 2. The number of rotatable bonds is 5. The van der Waals surface area contributed by atoms with Crippen LogP contribution in [0.4, 0.5) is 0 Å². The van der Waals surface area contributed by atoms with E-state index in [1.165, 1.54) is 0 Å². The molecule has 2 N–H and O–H groups in total. The summed E-state index contributed by atoms with van der Waals surface area (Å²) >= 11 is 0. The second-order valence-corrected chi connectivity index (χ2v) is 5.37. The van der Waals surface area contributed by atoms with Gasteiger partial charge in [-0.2, -0.15) is 0 Å². The minimum absolute atomic E-state index is 0.257. The topological polar surface area (TPSA) is 66.4 Å². The second-order valence-electron chi connectivity index (χ2n) is 5.37. The summed E-state index contributed by atoms with van der Waals surface area (Å²) in [6.07, 6.45) is 0.257. The van der Waals surface area contributed by atoms with E-state index in [9.17, 15) is 14.7 Å². The van der Waals surface area contributed by atoms with E-state index in [0.29, 0.717) is 5.56 Å². The van der Waals surface area contributed by atoms with Crippen LogP contribution < -0.4 is 5.32 Å². The molecule has 0 aliphatic heterocycles. The van der Waals surface area contributed by atoms with E-state index in [0.717, 1.165) is 16.7 Å². The third-order valence-electron chi connectivity index (χ3n) is 3.52. The average Bonchev–Trinajstić information content (AvgIpc) is 2.50. The Kier molecular flexibility index (Phi) is 4.94. The molecule has 2 aromatic rings. The second kappa shape index (κ2) is 6.89. The molecular formula is C18H19NO3. The maximum atomic E-state index is 12.3. The number of nitrogens with one attached hydrogen (secondary N) is 1. The fraction of sp³-hybridized carbons (Fsp3) is 0.222. The zero-order chi connectivity index (χ0) is 16.1. The Hall–Kier alpha value is -2.62. The van der Waals surface area contributed by atoms with Gasteiger partial charge in [0, 0.05) is 12.0 Å². The average molecular weight is 297 g/mol. The van der Waals surface area contributed by atoms with Gasteiger partial charge in [-0.05, 0) is 31.0 Å². The Balaban J connectivity index is 2.15. The smallest absolute Gasteiger partial charge is 0.326 e. The fourth-order valence-electron chi connectivity index (χ4n) is 2.27. The van der Waals surface area contributed by atoms with Crippen molar-refractivity contribution in [1.82, 2.24) is 5.32 Å². The molecule has 0 aliphatic rings. The molecule has 1 amide bonds. The van der Waals surface area contributed by atoms with E-state index >= 15 is 0 Å². The number of carboxylic acids is 1. The summed E-state index contributed by atoms with van der Waals surface area (Å²) in [5.74, 6) is -1.40. The maximum Gasteiger partial charge on any atom is 0.326 e. The molecule has 22 heavy (non-hydrogen) atoms. The number of carboxylic acid groups (broad SMARTS) is 1. The summed E-state index contributed by atoms with van der Waals surface area (Å²) in [5.41, 5.74) is 3.17. The number of amides is 1. The Morgan fingerprint density at radius 3 is 2.41 bits per heavy atom. The van der Waals surface area contributed by atoms with E-state index in [-0.39, 0.29) is 12.3 Å². The molecule has 0 aromatic heterocycles. The van der Waals surface area contributed by atoms with E-state index in [1.54, 1.807) is 6.07 Å². The highest BCUT2D eigenvalue weighted by atomic mass is 16.4. The molecule has 0 bridgehead atoms. The minimum Gasteiger partial charge on any atom is -0.480 e. The number of aryl methyl sites for hydroxylation is 2. The number of carbonyl (C=O) groups excluding carboxylic acids is 1. The first-order valence-corrected chi connectivity index (χ1v) is 7.12. The Labute approximate surface area is 129 Å². The predicted molar refractivity (Wildman–Crippen MR) is 85.0 cm³/mol. The van der Waals surface area contributed by atoms with Crippen LogP contribution in [0.3, 0.4) is 0 Å². The molecule has 0 aliphatic carbocycles. The van der Waals surface area contributed by atoms with Crippen LogP contribution in [-0.4, -0.2) is 23.0 Å². The van der Waals surface area contributed by atoms with E-state index in [4.69, 9.17) is 0 Å². The molecule has 114 valence electrons. The van der Waals surface area contributed by atoms with Crippen molar-refractivity contribution in [2.45, 2.75) is 26.3 Å². The van der Waals surface area contributed by atoms with Crippen LogP contribution in [-0.2, 0) is 11.2 Å². The first kappa shape index (κ1) is 15.8. The minimum atomic E-state index is -1.04. The molecule has 2 rings (SSSR count). The van der Waals surface area contributed by atoms with Gasteiger partial charge in [0.25, 0.3) is 5.91 Å². The van der Waals surface area contributed by atoms with Crippen LogP contribution >= 0.6 is 0 Å². The third-order valence-corrected chi connectivity index (χ3v) is 3.52. The number of aliphatic carboxylic acids is 1. The molecule has 0 fully saturated rings. The number of hydrogen-bond donors (Lipinski definition) is 2. The SMILES string of the molecule is Cc1ccc(C)c(C(=O)NC(Cc2ccccc2)C(=O)O)c1. The molecule has 0 saturated carbocycles. The van der Waals surface area contributed by atoms with Gasteiger partial charge in [-0.1, -0.05) is 48.0 Å². The maximum absolute atomic E-state index is 12.3. The quantitative estimate of drug-likeness (QED) is 0.891. The normalized spacial score (nSPS) is 11.7. The highest BCUT2D eigenvalue weighted by Crippen LogP contribution is 2.11. The molecule has 0 spiro atoms. The van der Waals surface area contributed by atoms with E-state index < -0.39 is 12.0 Å². The van der Waals surface area contributed by atoms with Crippen LogP contribution in [0.15, 0.2) is 48.5 Å². The van der Waals surface area contributed by atoms with Crippen LogP contribution in [0.2, 0.25) is 0 Å². The van der Waals surface area contributed by atoms with Crippen molar-refractivity contribution in [1.29, 1.82) is 0 Å². The molecular weight excluding hydrogens is 278 g/mol. The predicted octanol–water partition coefficient (Wildman–Crippen LogP) is 2.73. The summed E-state index contributed by atoms with van der Waals surface area (Å²) in [5, 5.41) is 12.0. The summed E-state index contributed by atoms with van der Waals surface area (Å²) in [6, 6.07) is 13.9. The molecule has 1 atom stereocenters. The van der Waals surface area contributed by atoms with Crippen molar-refractivity contribution >= 4 is 11.9 Å². The van der Waals surface area contributed by atoms with Gasteiger partial charge >= 0.3 is 5.97 Å². The van der Waals surface area contributed by atoms with Crippen molar-refractivity contribution in [2.24, 2.45) is 0 Å². The molecule has 0 radical (unpaired) electrons. The lowest BCUT2D eigenvalue weighted by Crippen LogP contribution is -2.42. The first-order chi connectivity index (χ1) is 10.5. The summed E-state index contributed by atoms with van der Waals surface area (Å²) < 4.78 is 0. The zero-order valence-electron chi connectivity index (χ0n) is 12.7. The molecule has 2 aromatic carbocycles. The van der Waals surface area contributed by atoms with Crippen LogP contribution in [0, 0.1) is 13.8 Å². The Bertz CT molecular complexity index is 680. The van der Waals surface area contributed by atoms with Crippen LogP contribution in [0.5, 0.6) is 0 Å². The number of benzene rings is 2. The third kappa shape index (κ3) is 3.95. The lowest BCUT2D eigenvalue weighted by atomic mass is 10.0. The van der Waals surface area contributed by atoms with Crippen LogP contribution in [0.25, 0.3) is 0 Å². The largest absolute Gasteiger partial charge is 0.480 e. The molecule has 4 nitrogen and oxygen atoms in total. The zero-order valence-corrected chi connectivity index (χ0v) is 12.7. The summed E-state index contributed by atoms with van der Waals surface area (Å²) in [6.45, 7) is 3.73. The fourth-order valence-corrected chi connectivity index (χ4v) is 2.27. The number of carbonyl (C=O) groups is 2. The van der Waals surface area contributed by atoms with Crippen molar-refractivity contribution in [3.8, 4) is 0 Å². The van der Waals surface area contributed by atoms with Gasteiger partial charge in [0.2, 0.25) is 0 Å². The molecule has 0 saturated heterocycles. The van der Waals surface area contributed by atoms with Crippen molar-refractivity contribution in [3.05, 3.63) is 70.8 Å². The van der Waals surface area contributed by atoms with Gasteiger partial charge in [-0.15, -0.1) is 0 Å². The van der Waals surface area contributed by atoms with Crippen molar-refractivity contribution in [3.63, 3.8) is 0 Å². The molecule has 0 heterocycles. The van der Waals surface area contributed by atoms with Crippen molar-refractivity contribution < 1.29 is 14.7 Å². The van der Waals surface area contributed by atoms with E-state index in [2.05, 4.69) is 5.32 Å². The Morgan fingerprint density at radius 1 is 1.09 bits per heavy atom. The lowest BCUT2D eigenvalue weighted by Gasteiger charge is -2.16. The highest BCUT2D eigenvalue weighted by Gasteiger charge is 2.21. The first-order valence-electron chi connectivity index (χ1n) is 7.12. The van der Waals surface area contributed by atoms with Gasteiger partial charge in [-0.3, -0.25) is 4.79 Å². The van der Waals surface area contributed by atoms with Gasteiger partial charge in [0.1, 0.15) is 6.04 Å². The Morgan fingerprint density at radius 2 is 1.77 bits per heavy atom. The van der Waals surface area contributed by atoms with Crippen molar-refractivity contribution in [2.75, 3.05) is 0 Å². The monoisotopic (exact) mass is 297 g/mol. The van der Waals surface area contributed by atoms with Gasteiger partial charge < -0.3 is 10.4 Å². The van der Waals surface area contributed by atoms with Gasteiger partial charge in [-0.25, -0.2) is 4.79 Å². The van der Waals surface area contributed by atoms with E-state index in [1.807, 2.05) is 56.3 Å². The van der Waals surface area contributed by atoms with Gasteiger partial charge in [0.05, 0.1) is 0 Å². The van der Waals surface area contributed by atoms with Crippen LogP contribution in [0.1, 0.15) is 27.0 Å². The highest BCUT2D eigenvalue weighted by molar-refractivity contribution is 5.98. The molecule has 1 unspecified atom stereocenters. The van der Waals surface area contributed by atoms with Gasteiger partial charge in [0.15, 0.2) is 0 Å².